The van der Waals surface area contributed by atoms with E-state index in [0.29, 0.717) is 0 Å². The summed E-state index contributed by atoms with van der Waals surface area (Å²) >= 11 is -3.10. The molecule has 0 aliphatic heterocycles. The monoisotopic (exact) mass is 463 g/mol. The summed E-state index contributed by atoms with van der Waals surface area (Å²) in [6.45, 7) is 6.93. The van der Waals surface area contributed by atoms with Gasteiger partial charge in [0.1, 0.15) is 0 Å². The molecule has 0 spiro atoms. The van der Waals surface area contributed by atoms with Crippen molar-refractivity contribution < 1.29 is 8.42 Å². The Hall–Kier alpha value is -0.501. The van der Waals surface area contributed by atoms with Gasteiger partial charge in [-0.25, -0.2) is 0 Å². The summed E-state index contributed by atoms with van der Waals surface area (Å²) in [6, 6.07) is 0. The number of rotatable bonds is 11. The Morgan fingerprint density at radius 3 is 1.67 bits per heavy atom. The van der Waals surface area contributed by atoms with Crippen LogP contribution in [0.5, 0.6) is 0 Å². The van der Waals surface area contributed by atoms with Crippen LogP contribution in [0.4, 0.5) is 5.82 Å². The van der Waals surface area contributed by atoms with Crippen LogP contribution in [-0.4, -0.2) is 43.8 Å². The number of anilines is 1. The normalized spacial score (nSPS) is 10.7. The number of hydrogen-bond donors (Lipinski definition) is 1. The topological polar surface area (TPSA) is 72.0 Å². The first-order valence-corrected chi connectivity index (χ1v) is 17.2. The Morgan fingerprint density at radius 1 is 0.917 bits per heavy atom. The Bertz CT molecular complexity index is 444. The molecule has 0 amide bonds. The summed E-state index contributed by atoms with van der Waals surface area (Å²) in [5.74, 6) is 0.889. The molecule has 0 atom stereocenters. The Labute approximate surface area is 154 Å². The molecule has 0 aliphatic rings. The molecule has 5 nitrogen and oxygen atoms in total. The number of aromatic nitrogens is 2. The molecule has 0 saturated heterocycles. The molecular formula is C17H33N3O2SSn. The third-order valence-corrected chi connectivity index (χ3v) is 19.5. The minimum Gasteiger partial charge on any atom is -0.168 e. The fourth-order valence-corrected chi connectivity index (χ4v) is 18.1. The number of nitrogens with zero attached hydrogens (tertiary/aromatic N) is 2. The van der Waals surface area contributed by atoms with Crippen LogP contribution in [0.2, 0.25) is 13.3 Å². The van der Waals surface area contributed by atoms with E-state index in [1.54, 1.807) is 0 Å². The van der Waals surface area contributed by atoms with Crippen LogP contribution in [0, 0.1) is 0 Å². The standard InChI is InChI=1S/C5H6N3.3C4H9.O2S.Sn/c1-6-5-4-7-2-3-8-5;3*1-3-4-2;1-3-2;/h3-4H,1H3,(H,6,8);3*1,3-4H2,2H3;;. The van der Waals surface area contributed by atoms with Crippen LogP contribution < -0.4 is 9.03 Å². The molecule has 1 N–H and O–H groups in total. The molecule has 0 fully saturated rings. The maximum Gasteiger partial charge on any atom is 0.335 e. The summed E-state index contributed by atoms with van der Waals surface area (Å²) in [5, 5.41) is 3.08. The predicted molar refractivity (Wildman–Crippen MR) is 105 cm³/mol. The van der Waals surface area contributed by atoms with Crippen LogP contribution in [-0.2, 0) is 11.6 Å². The first kappa shape index (κ1) is 23.5. The molecule has 0 saturated carbocycles. The molecule has 0 aliphatic carbocycles. The third-order valence-electron chi connectivity index (χ3n) is 4.48. The summed E-state index contributed by atoms with van der Waals surface area (Å²) in [4.78, 5) is 9.42. The number of nitrogens with one attached hydrogen (secondary N) is 1. The fraction of sp³-hybridized carbons (Fsp3) is 0.765. The molecule has 0 unspecified atom stereocenters. The van der Waals surface area contributed by atoms with E-state index in [4.69, 9.17) is 13.4 Å². The zero-order chi connectivity index (χ0) is 18.3. The minimum absolute atomic E-state index is 0.750. The van der Waals surface area contributed by atoms with Crippen LogP contribution in [0.15, 0.2) is 12.4 Å². The predicted octanol–water partition coefficient (Wildman–Crippen LogP) is 3.90. The number of hydrogen-bond acceptors (Lipinski definition) is 5. The van der Waals surface area contributed by atoms with E-state index in [9.17, 15) is 0 Å². The molecule has 0 aromatic carbocycles. The van der Waals surface area contributed by atoms with Gasteiger partial charge in [-0.15, -0.1) is 0 Å². The van der Waals surface area contributed by atoms with Crippen molar-refractivity contribution in [1.82, 2.24) is 9.97 Å². The second-order valence-corrected chi connectivity index (χ2v) is 19.4. The smallest absolute Gasteiger partial charge is 0.168 e. The van der Waals surface area contributed by atoms with Crippen molar-refractivity contribution in [3.05, 3.63) is 12.4 Å². The fourth-order valence-electron chi connectivity index (χ4n) is 3.04. The molecule has 1 heterocycles. The molecule has 1 aromatic heterocycles. The van der Waals surface area contributed by atoms with Crippen molar-refractivity contribution in [2.24, 2.45) is 0 Å². The van der Waals surface area contributed by atoms with E-state index in [2.05, 4.69) is 37.3 Å². The van der Waals surface area contributed by atoms with Gasteiger partial charge in [-0.2, -0.15) is 8.42 Å². The molecule has 0 bridgehead atoms. The van der Waals surface area contributed by atoms with Gasteiger partial charge in [0, 0.05) is 0 Å². The van der Waals surface area contributed by atoms with Crippen molar-refractivity contribution in [1.29, 1.82) is 0 Å². The van der Waals surface area contributed by atoms with Gasteiger partial charge in [-0.05, 0) is 0 Å². The van der Waals surface area contributed by atoms with Gasteiger partial charge >= 0.3 is 147 Å². The summed E-state index contributed by atoms with van der Waals surface area (Å²) in [6.07, 6.45) is 12.1. The Morgan fingerprint density at radius 2 is 1.38 bits per heavy atom. The molecular weight excluding hydrogens is 429 g/mol. The van der Waals surface area contributed by atoms with E-state index in [-0.39, 0.29) is 0 Å². The van der Waals surface area contributed by atoms with Gasteiger partial charge in [0.25, 0.3) is 0 Å². The molecule has 1 rings (SSSR count). The second-order valence-electron chi connectivity index (χ2n) is 6.20. The van der Waals surface area contributed by atoms with Crippen molar-refractivity contribution in [3.8, 4) is 0 Å². The van der Waals surface area contributed by atoms with E-state index >= 15 is 0 Å². The summed E-state index contributed by atoms with van der Waals surface area (Å²) in [7, 11) is 1.91. The number of unbranched alkanes of at least 4 members (excludes halogenated alkanes) is 3. The molecule has 0 radical (unpaired) electrons. The van der Waals surface area contributed by atoms with Gasteiger partial charge < -0.3 is 0 Å². The van der Waals surface area contributed by atoms with Crippen LogP contribution in [0.3, 0.4) is 0 Å². The zero-order valence-corrected chi connectivity index (χ0v) is 19.3. The first-order valence-electron chi connectivity index (χ1n) is 9.06. The third kappa shape index (κ3) is 8.55. The van der Waals surface area contributed by atoms with E-state index < -0.39 is 29.9 Å². The van der Waals surface area contributed by atoms with Crippen molar-refractivity contribution in [2.45, 2.75) is 72.6 Å². The van der Waals surface area contributed by atoms with Crippen LogP contribution in [0.25, 0.3) is 0 Å². The quantitative estimate of drug-likeness (QED) is 0.506. The van der Waals surface area contributed by atoms with Gasteiger partial charge in [-0.1, -0.05) is 0 Å². The summed E-state index contributed by atoms with van der Waals surface area (Å²) < 4.78 is 22.4. The van der Waals surface area contributed by atoms with E-state index in [1.165, 1.54) is 55.5 Å². The van der Waals surface area contributed by atoms with Gasteiger partial charge in [-0.3, -0.25) is 0 Å². The van der Waals surface area contributed by atoms with Crippen molar-refractivity contribution in [3.63, 3.8) is 0 Å². The van der Waals surface area contributed by atoms with Gasteiger partial charge in [0.15, 0.2) is 0 Å². The second kappa shape index (κ2) is 14.8. The Kier molecular flexibility index (Phi) is 14.5. The minimum atomic E-state index is -2.35. The van der Waals surface area contributed by atoms with Gasteiger partial charge in [0.2, 0.25) is 0 Å². The average Bonchev–Trinajstić information content (AvgIpc) is 2.62. The molecule has 1 aromatic rings. The maximum absolute atomic E-state index is 8.29. The SMILES string of the molecule is CCC[CH2][Sn]([CH2]CCC)([CH2]CCC)[c]1cnc(NC)cn1.O=S=O. The van der Waals surface area contributed by atoms with E-state index in [0.717, 1.165) is 5.82 Å². The molecule has 138 valence electrons. The van der Waals surface area contributed by atoms with Crippen LogP contribution >= 0.6 is 0 Å². The van der Waals surface area contributed by atoms with Crippen molar-refractivity contribution in [2.75, 3.05) is 12.4 Å². The first-order chi connectivity index (χ1) is 11.6. The largest absolute Gasteiger partial charge is 0.335 e. The average molecular weight is 462 g/mol. The van der Waals surface area contributed by atoms with Crippen LogP contribution in [0.1, 0.15) is 59.3 Å². The summed E-state index contributed by atoms with van der Waals surface area (Å²) in [5.41, 5.74) is 0. The zero-order valence-electron chi connectivity index (χ0n) is 15.6. The maximum atomic E-state index is 8.29. The Balaban J connectivity index is 0.00000163. The molecule has 24 heavy (non-hydrogen) atoms. The van der Waals surface area contributed by atoms with E-state index in [1.807, 2.05) is 13.2 Å². The van der Waals surface area contributed by atoms with Gasteiger partial charge in [0.05, 0.1) is 0 Å². The van der Waals surface area contributed by atoms with Crippen molar-refractivity contribution >= 4 is 39.5 Å². The molecule has 7 heteroatoms.